The zero-order chi connectivity index (χ0) is 17.0. The third-order valence-electron chi connectivity index (χ3n) is 5.38. The van der Waals surface area contributed by atoms with E-state index in [9.17, 15) is 4.79 Å². The minimum atomic E-state index is -0.0260. The molecule has 1 aromatic carbocycles. The number of para-hydroxylation sites is 1. The van der Waals surface area contributed by atoms with E-state index in [2.05, 4.69) is 22.2 Å². The molecule has 1 aliphatic carbocycles. The Kier molecular flexibility index (Phi) is 2.89. The normalized spacial score (nSPS) is 16.9. The van der Waals surface area contributed by atoms with Gasteiger partial charge in [0.2, 0.25) is 0 Å². The number of nitrogens with zero attached hydrogens (tertiary/aromatic N) is 4. The molecular weight excluding hydrogens is 312 g/mol. The highest BCUT2D eigenvalue weighted by atomic mass is 16.2. The van der Waals surface area contributed by atoms with E-state index < -0.39 is 0 Å². The first-order valence-corrected chi connectivity index (χ1v) is 8.54. The van der Waals surface area contributed by atoms with E-state index in [1.165, 1.54) is 5.56 Å². The Morgan fingerprint density at radius 3 is 2.76 bits per heavy atom. The van der Waals surface area contributed by atoms with Gasteiger partial charge < -0.3 is 4.90 Å². The molecule has 1 amide bonds. The highest BCUT2D eigenvalue weighted by Gasteiger charge is 2.53. The van der Waals surface area contributed by atoms with Crippen LogP contribution in [0.15, 0.2) is 54.9 Å². The summed E-state index contributed by atoms with van der Waals surface area (Å²) in [5.41, 5.74) is 4.87. The maximum absolute atomic E-state index is 13.2. The minimum Gasteiger partial charge on any atom is -0.306 e. The van der Waals surface area contributed by atoms with Gasteiger partial charge in [0.1, 0.15) is 0 Å². The molecule has 3 heterocycles. The third-order valence-corrected chi connectivity index (χ3v) is 5.38. The average molecular weight is 330 g/mol. The van der Waals surface area contributed by atoms with Crippen LogP contribution in [-0.2, 0) is 12.5 Å². The highest BCUT2D eigenvalue weighted by Crippen LogP contribution is 2.56. The van der Waals surface area contributed by atoms with Gasteiger partial charge in [0.25, 0.3) is 5.91 Å². The van der Waals surface area contributed by atoms with E-state index in [1.807, 2.05) is 42.3 Å². The number of aryl methyl sites for hydroxylation is 1. The lowest BCUT2D eigenvalue weighted by atomic mass is 9.99. The van der Waals surface area contributed by atoms with Crippen molar-refractivity contribution < 1.29 is 4.79 Å². The van der Waals surface area contributed by atoms with Crippen LogP contribution in [0, 0.1) is 0 Å². The van der Waals surface area contributed by atoms with Gasteiger partial charge in [0.05, 0.1) is 5.69 Å². The van der Waals surface area contributed by atoms with Crippen molar-refractivity contribution in [3.8, 4) is 11.3 Å². The van der Waals surface area contributed by atoms with Gasteiger partial charge in [-0.25, -0.2) is 0 Å². The fourth-order valence-electron chi connectivity index (χ4n) is 3.88. The number of carbonyl (C=O) groups excluding carboxylic acids is 1. The van der Waals surface area contributed by atoms with Crippen molar-refractivity contribution in [1.29, 1.82) is 0 Å². The molecule has 3 aromatic rings. The molecular formula is C20H18N4O. The molecule has 2 aliphatic rings. The molecule has 1 spiro atoms. The van der Waals surface area contributed by atoms with Crippen molar-refractivity contribution in [3.05, 3.63) is 66.1 Å². The van der Waals surface area contributed by atoms with E-state index in [1.54, 1.807) is 17.1 Å². The summed E-state index contributed by atoms with van der Waals surface area (Å²) in [7, 11) is 1.86. The van der Waals surface area contributed by atoms with Gasteiger partial charge in [-0.15, -0.1) is 0 Å². The Morgan fingerprint density at radius 2 is 2.00 bits per heavy atom. The molecule has 0 bridgehead atoms. The summed E-state index contributed by atoms with van der Waals surface area (Å²) < 4.78 is 1.75. The van der Waals surface area contributed by atoms with Gasteiger partial charge >= 0.3 is 0 Å². The van der Waals surface area contributed by atoms with Crippen molar-refractivity contribution in [2.75, 3.05) is 11.4 Å². The summed E-state index contributed by atoms with van der Waals surface area (Å²) in [6, 6.07) is 14.0. The molecule has 1 aliphatic heterocycles. The van der Waals surface area contributed by atoms with Crippen molar-refractivity contribution in [2.24, 2.45) is 7.05 Å². The SMILES string of the molecule is Cn1nc(C(=O)N2CC3(CC3)c3ccccc32)cc1-c1cccnc1. The number of hydrogen-bond donors (Lipinski definition) is 0. The van der Waals surface area contributed by atoms with Gasteiger partial charge in [-0.3, -0.25) is 14.5 Å². The van der Waals surface area contributed by atoms with Crippen LogP contribution in [0.5, 0.6) is 0 Å². The highest BCUT2D eigenvalue weighted by molar-refractivity contribution is 6.07. The number of pyridine rings is 1. The molecule has 0 N–H and O–H groups in total. The molecule has 124 valence electrons. The molecule has 0 radical (unpaired) electrons. The van der Waals surface area contributed by atoms with Crippen molar-refractivity contribution in [2.45, 2.75) is 18.3 Å². The van der Waals surface area contributed by atoms with E-state index >= 15 is 0 Å². The quantitative estimate of drug-likeness (QED) is 0.725. The lowest BCUT2D eigenvalue weighted by molar-refractivity contribution is 0.0982. The zero-order valence-electron chi connectivity index (χ0n) is 14.0. The molecule has 2 aromatic heterocycles. The number of aromatic nitrogens is 3. The van der Waals surface area contributed by atoms with Crippen molar-refractivity contribution >= 4 is 11.6 Å². The van der Waals surface area contributed by atoms with Crippen LogP contribution in [0.3, 0.4) is 0 Å². The summed E-state index contributed by atoms with van der Waals surface area (Å²) in [6.07, 6.45) is 5.85. The number of fused-ring (bicyclic) bond motifs is 2. The number of anilines is 1. The van der Waals surface area contributed by atoms with Gasteiger partial charge in [-0.1, -0.05) is 18.2 Å². The summed E-state index contributed by atoms with van der Waals surface area (Å²) in [5.74, 6) is -0.0260. The van der Waals surface area contributed by atoms with Crippen LogP contribution in [0.2, 0.25) is 0 Å². The molecule has 5 heteroatoms. The molecule has 25 heavy (non-hydrogen) atoms. The van der Waals surface area contributed by atoms with Crippen LogP contribution in [0.4, 0.5) is 5.69 Å². The number of amides is 1. The first-order valence-electron chi connectivity index (χ1n) is 8.54. The predicted molar refractivity (Wildman–Crippen MR) is 95.5 cm³/mol. The van der Waals surface area contributed by atoms with Crippen molar-refractivity contribution in [3.63, 3.8) is 0 Å². The number of benzene rings is 1. The molecule has 5 rings (SSSR count). The molecule has 0 saturated heterocycles. The number of hydrogen-bond acceptors (Lipinski definition) is 3. The monoisotopic (exact) mass is 330 g/mol. The maximum atomic E-state index is 13.2. The average Bonchev–Trinajstić information content (AvgIpc) is 3.22. The van der Waals surface area contributed by atoms with E-state index in [0.717, 1.165) is 36.3 Å². The first kappa shape index (κ1) is 14.4. The van der Waals surface area contributed by atoms with Crippen LogP contribution in [0.1, 0.15) is 28.9 Å². The van der Waals surface area contributed by atoms with Crippen LogP contribution < -0.4 is 4.90 Å². The Hall–Kier alpha value is -2.95. The maximum Gasteiger partial charge on any atom is 0.278 e. The second-order valence-electron chi connectivity index (χ2n) is 6.97. The number of carbonyl (C=O) groups is 1. The zero-order valence-corrected chi connectivity index (χ0v) is 14.0. The van der Waals surface area contributed by atoms with Gasteiger partial charge in [0, 0.05) is 42.7 Å². The molecule has 5 nitrogen and oxygen atoms in total. The fourth-order valence-corrected chi connectivity index (χ4v) is 3.88. The van der Waals surface area contributed by atoms with Crippen molar-refractivity contribution in [1.82, 2.24) is 14.8 Å². The van der Waals surface area contributed by atoms with Gasteiger partial charge in [-0.2, -0.15) is 5.10 Å². The second-order valence-corrected chi connectivity index (χ2v) is 6.97. The molecule has 1 saturated carbocycles. The second kappa shape index (κ2) is 5.02. The smallest absolute Gasteiger partial charge is 0.278 e. The van der Waals surface area contributed by atoms with E-state index in [0.29, 0.717) is 5.69 Å². The first-order chi connectivity index (χ1) is 12.2. The number of rotatable bonds is 2. The predicted octanol–water partition coefficient (Wildman–Crippen LogP) is 3.17. The van der Waals surface area contributed by atoms with Gasteiger partial charge in [-0.05, 0) is 42.7 Å². The Labute approximate surface area is 145 Å². The third kappa shape index (κ3) is 2.12. The minimum absolute atomic E-state index is 0.0260. The van der Waals surface area contributed by atoms with Crippen LogP contribution >= 0.6 is 0 Å². The molecule has 1 fully saturated rings. The fraction of sp³-hybridized carbons (Fsp3) is 0.250. The summed E-state index contributed by atoms with van der Waals surface area (Å²) in [5, 5.41) is 4.47. The van der Waals surface area contributed by atoms with Crippen LogP contribution in [-0.4, -0.2) is 27.2 Å². The standard InChI is InChI=1S/C20H18N4O/c1-23-18(14-5-4-10-21-12-14)11-16(22-23)19(25)24-13-20(8-9-20)15-6-2-3-7-17(15)24/h2-7,10-12H,8-9,13H2,1H3. The van der Waals surface area contributed by atoms with E-state index in [4.69, 9.17) is 0 Å². The topological polar surface area (TPSA) is 51.0 Å². The lowest BCUT2D eigenvalue weighted by Gasteiger charge is -2.16. The van der Waals surface area contributed by atoms with Gasteiger partial charge in [0.15, 0.2) is 5.69 Å². The Bertz CT molecular complexity index is 972. The lowest BCUT2D eigenvalue weighted by Crippen LogP contribution is -2.31. The molecule has 0 unspecified atom stereocenters. The summed E-state index contributed by atoms with van der Waals surface area (Å²) in [6.45, 7) is 0.768. The summed E-state index contributed by atoms with van der Waals surface area (Å²) >= 11 is 0. The van der Waals surface area contributed by atoms with Crippen LogP contribution in [0.25, 0.3) is 11.3 Å². The molecule has 0 atom stereocenters. The Balaban J connectivity index is 1.52. The van der Waals surface area contributed by atoms with E-state index in [-0.39, 0.29) is 11.3 Å². The summed E-state index contributed by atoms with van der Waals surface area (Å²) in [4.78, 5) is 19.2. The Morgan fingerprint density at radius 1 is 1.16 bits per heavy atom. The largest absolute Gasteiger partial charge is 0.306 e.